The number of amides is 1. The smallest absolute Gasteiger partial charge is 0.251 e. The number of methoxy groups -OCH3 is 1. The molecule has 30 heavy (non-hydrogen) atoms. The Kier molecular flexibility index (Phi) is 7.09. The van der Waals surface area contributed by atoms with Gasteiger partial charge in [-0.3, -0.25) is 4.79 Å². The molecule has 158 valence electrons. The van der Waals surface area contributed by atoms with Crippen molar-refractivity contribution < 1.29 is 17.9 Å². The maximum absolute atomic E-state index is 12.9. The molecule has 0 bridgehead atoms. The second kappa shape index (κ2) is 9.57. The SMILES string of the molecule is COc1ccc(C(=O)NCc2nc(C)cs2)cc1S(=O)(=O)NCc1ccc(Cl)cc1. The number of halogens is 1. The van der Waals surface area contributed by atoms with E-state index in [1.165, 1.54) is 36.6 Å². The Bertz CT molecular complexity index is 1150. The van der Waals surface area contributed by atoms with Gasteiger partial charge in [-0.1, -0.05) is 23.7 Å². The van der Waals surface area contributed by atoms with Gasteiger partial charge in [-0.2, -0.15) is 0 Å². The molecular formula is C20H20ClN3O4S2. The van der Waals surface area contributed by atoms with Crippen LogP contribution in [0.4, 0.5) is 0 Å². The van der Waals surface area contributed by atoms with E-state index in [9.17, 15) is 13.2 Å². The van der Waals surface area contributed by atoms with Crippen LogP contribution in [0.2, 0.25) is 5.02 Å². The lowest BCUT2D eigenvalue weighted by Gasteiger charge is -2.13. The van der Waals surface area contributed by atoms with Gasteiger partial charge in [0.25, 0.3) is 5.91 Å². The first-order chi connectivity index (χ1) is 14.3. The number of nitrogens with one attached hydrogen (secondary N) is 2. The van der Waals surface area contributed by atoms with E-state index in [0.717, 1.165) is 16.3 Å². The maximum atomic E-state index is 12.9. The van der Waals surface area contributed by atoms with Gasteiger partial charge < -0.3 is 10.1 Å². The van der Waals surface area contributed by atoms with Crippen molar-refractivity contribution in [2.75, 3.05) is 7.11 Å². The number of hydrogen-bond acceptors (Lipinski definition) is 6. The summed E-state index contributed by atoms with van der Waals surface area (Å²) in [5.41, 5.74) is 1.83. The fourth-order valence-electron chi connectivity index (χ4n) is 2.63. The third kappa shape index (κ3) is 5.57. The molecule has 1 amide bonds. The number of hydrogen-bond donors (Lipinski definition) is 2. The summed E-state index contributed by atoms with van der Waals surface area (Å²) in [6.45, 7) is 2.21. The van der Waals surface area contributed by atoms with Crippen LogP contribution in [0, 0.1) is 6.92 Å². The monoisotopic (exact) mass is 465 g/mol. The largest absolute Gasteiger partial charge is 0.495 e. The van der Waals surface area contributed by atoms with Gasteiger partial charge in [-0.05, 0) is 42.8 Å². The molecule has 0 radical (unpaired) electrons. The molecule has 3 aromatic rings. The van der Waals surface area contributed by atoms with Gasteiger partial charge in [0.15, 0.2) is 0 Å². The summed E-state index contributed by atoms with van der Waals surface area (Å²) < 4.78 is 33.4. The number of carbonyl (C=O) groups excluding carboxylic acids is 1. The minimum atomic E-state index is -3.93. The summed E-state index contributed by atoms with van der Waals surface area (Å²) in [6.07, 6.45) is 0. The molecule has 0 saturated heterocycles. The van der Waals surface area contributed by atoms with E-state index in [0.29, 0.717) is 5.02 Å². The van der Waals surface area contributed by atoms with Crippen molar-refractivity contribution in [3.05, 3.63) is 74.7 Å². The van der Waals surface area contributed by atoms with Crippen molar-refractivity contribution in [3.8, 4) is 5.75 Å². The molecule has 7 nitrogen and oxygen atoms in total. The van der Waals surface area contributed by atoms with E-state index in [-0.39, 0.29) is 29.3 Å². The summed E-state index contributed by atoms with van der Waals surface area (Å²) in [4.78, 5) is 16.7. The van der Waals surface area contributed by atoms with Crippen molar-refractivity contribution in [3.63, 3.8) is 0 Å². The first kappa shape index (κ1) is 22.2. The summed E-state index contributed by atoms with van der Waals surface area (Å²) in [7, 11) is -2.56. The van der Waals surface area contributed by atoms with E-state index in [1.807, 2.05) is 12.3 Å². The maximum Gasteiger partial charge on any atom is 0.251 e. The molecule has 1 aromatic heterocycles. The first-order valence-electron chi connectivity index (χ1n) is 8.90. The molecule has 0 spiro atoms. The summed E-state index contributed by atoms with van der Waals surface area (Å²) >= 11 is 7.30. The first-order valence-corrected chi connectivity index (χ1v) is 11.6. The second-order valence-electron chi connectivity index (χ2n) is 6.38. The molecule has 1 heterocycles. The van der Waals surface area contributed by atoms with Gasteiger partial charge in [0.05, 0.1) is 13.7 Å². The van der Waals surface area contributed by atoms with Crippen LogP contribution >= 0.6 is 22.9 Å². The fraction of sp³-hybridized carbons (Fsp3) is 0.200. The average Bonchev–Trinajstić information content (AvgIpc) is 3.16. The predicted octanol–water partition coefficient (Wildman–Crippen LogP) is 3.52. The number of carbonyl (C=O) groups is 1. The predicted molar refractivity (Wildman–Crippen MR) is 116 cm³/mol. The van der Waals surface area contributed by atoms with Gasteiger partial charge >= 0.3 is 0 Å². The molecular weight excluding hydrogens is 446 g/mol. The number of sulfonamides is 1. The van der Waals surface area contributed by atoms with Gasteiger partial charge in [0.2, 0.25) is 10.0 Å². The molecule has 0 aliphatic heterocycles. The van der Waals surface area contributed by atoms with Crippen LogP contribution < -0.4 is 14.8 Å². The topological polar surface area (TPSA) is 97.4 Å². The van der Waals surface area contributed by atoms with Crippen LogP contribution in [0.1, 0.15) is 26.6 Å². The molecule has 0 aliphatic rings. The van der Waals surface area contributed by atoms with Crippen LogP contribution in [0.15, 0.2) is 52.7 Å². The van der Waals surface area contributed by atoms with Crippen LogP contribution in [-0.2, 0) is 23.1 Å². The summed E-state index contributed by atoms with van der Waals surface area (Å²) in [5, 5.41) is 5.98. The zero-order valence-electron chi connectivity index (χ0n) is 16.3. The minimum Gasteiger partial charge on any atom is -0.495 e. The highest BCUT2D eigenvalue weighted by molar-refractivity contribution is 7.89. The Hall–Kier alpha value is -2.46. The van der Waals surface area contributed by atoms with Crippen molar-refractivity contribution in [1.29, 1.82) is 0 Å². The third-order valence-corrected chi connectivity index (χ3v) is 6.80. The lowest BCUT2D eigenvalue weighted by Crippen LogP contribution is -2.26. The number of nitrogens with zero attached hydrogens (tertiary/aromatic N) is 1. The van der Waals surface area contributed by atoms with E-state index in [1.54, 1.807) is 24.3 Å². The number of aromatic nitrogens is 1. The third-order valence-electron chi connectivity index (χ3n) is 4.16. The highest BCUT2D eigenvalue weighted by Crippen LogP contribution is 2.25. The summed E-state index contributed by atoms with van der Waals surface area (Å²) in [6, 6.07) is 11.1. The Labute approximate surface area is 184 Å². The molecule has 0 saturated carbocycles. The van der Waals surface area contributed by atoms with Crippen molar-refractivity contribution in [2.45, 2.75) is 24.9 Å². The van der Waals surface area contributed by atoms with Crippen LogP contribution in [0.5, 0.6) is 5.75 Å². The van der Waals surface area contributed by atoms with Crippen molar-refractivity contribution >= 4 is 38.9 Å². The normalized spacial score (nSPS) is 11.3. The quantitative estimate of drug-likeness (QED) is 0.530. The molecule has 0 atom stereocenters. The number of benzene rings is 2. The van der Waals surface area contributed by atoms with Crippen LogP contribution in [0.25, 0.3) is 0 Å². The molecule has 2 N–H and O–H groups in total. The molecule has 2 aromatic carbocycles. The number of thiazole rings is 1. The molecule has 10 heteroatoms. The van der Waals surface area contributed by atoms with E-state index in [4.69, 9.17) is 16.3 Å². The van der Waals surface area contributed by atoms with Gasteiger partial charge in [0, 0.05) is 28.2 Å². The lowest BCUT2D eigenvalue weighted by molar-refractivity contribution is 0.0950. The Morgan fingerprint density at radius 2 is 1.90 bits per heavy atom. The van der Waals surface area contributed by atoms with E-state index < -0.39 is 15.9 Å². The average molecular weight is 466 g/mol. The van der Waals surface area contributed by atoms with Crippen LogP contribution in [0.3, 0.4) is 0 Å². The van der Waals surface area contributed by atoms with Gasteiger partial charge in [0.1, 0.15) is 15.7 Å². The molecule has 0 unspecified atom stereocenters. The molecule has 0 fully saturated rings. The van der Waals surface area contributed by atoms with Gasteiger partial charge in [-0.15, -0.1) is 11.3 Å². The zero-order chi connectivity index (χ0) is 21.7. The molecule has 3 rings (SSSR count). The van der Waals surface area contributed by atoms with E-state index >= 15 is 0 Å². The number of rotatable bonds is 8. The van der Waals surface area contributed by atoms with E-state index in [2.05, 4.69) is 15.0 Å². The van der Waals surface area contributed by atoms with Gasteiger partial charge in [-0.25, -0.2) is 18.1 Å². The molecule has 0 aliphatic carbocycles. The Morgan fingerprint density at radius 1 is 1.17 bits per heavy atom. The Balaban J connectivity index is 1.76. The summed E-state index contributed by atoms with van der Waals surface area (Å²) in [5.74, 6) is -0.259. The highest BCUT2D eigenvalue weighted by Gasteiger charge is 2.21. The second-order valence-corrected chi connectivity index (χ2v) is 9.50. The van der Waals surface area contributed by atoms with Crippen molar-refractivity contribution in [1.82, 2.24) is 15.0 Å². The minimum absolute atomic E-state index is 0.0719. The zero-order valence-corrected chi connectivity index (χ0v) is 18.7. The van der Waals surface area contributed by atoms with Crippen molar-refractivity contribution in [2.24, 2.45) is 0 Å². The fourth-order valence-corrected chi connectivity index (χ4v) is 4.68. The Morgan fingerprint density at radius 3 is 2.53 bits per heavy atom. The lowest BCUT2D eigenvalue weighted by atomic mass is 10.2. The van der Waals surface area contributed by atoms with Crippen LogP contribution in [-0.4, -0.2) is 26.4 Å². The number of aryl methyl sites for hydroxylation is 1. The highest BCUT2D eigenvalue weighted by atomic mass is 35.5. The number of ether oxygens (including phenoxy) is 1. The standard InChI is InChI=1S/C20H20ClN3O4S2/c1-13-12-29-19(24-13)11-22-20(25)15-5-8-17(28-2)18(9-15)30(26,27)23-10-14-3-6-16(21)7-4-14/h3-9,12,23H,10-11H2,1-2H3,(H,22,25).